The second-order valence-corrected chi connectivity index (χ2v) is 8.68. The molecule has 1 heterocycles. The average molecular weight is 453 g/mol. The third-order valence-corrected chi connectivity index (χ3v) is 5.53. The summed E-state index contributed by atoms with van der Waals surface area (Å²) in [5.41, 5.74) is 1.76. The van der Waals surface area contributed by atoms with Crippen LogP contribution < -0.4 is 5.32 Å². The maximum absolute atomic E-state index is 13.0. The highest BCUT2D eigenvalue weighted by Crippen LogP contribution is 2.20. The van der Waals surface area contributed by atoms with Crippen LogP contribution in [0.15, 0.2) is 60.7 Å². The van der Waals surface area contributed by atoms with Gasteiger partial charge in [0.25, 0.3) is 0 Å². The van der Waals surface area contributed by atoms with Gasteiger partial charge in [0.1, 0.15) is 25.3 Å². The lowest BCUT2D eigenvalue weighted by atomic mass is 10.0. The lowest BCUT2D eigenvalue weighted by molar-refractivity contribution is -0.150. The Hall–Kier alpha value is -3.35. The lowest BCUT2D eigenvalue weighted by Gasteiger charge is -2.26. The number of esters is 1. The fraction of sp³-hybridized carbons (Fsp3) is 0.423. The summed E-state index contributed by atoms with van der Waals surface area (Å²) in [6.07, 6.45) is 1.15. The number of hydrogen-bond donors (Lipinski definition) is 1. The van der Waals surface area contributed by atoms with Gasteiger partial charge in [-0.3, -0.25) is 9.69 Å². The fourth-order valence-corrected chi connectivity index (χ4v) is 3.84. The number of nitrogens with one attached hydrogen (secondary N) is 1. The smallest absolute Gasteiger partial charge is 0.410 e. The van der Waals surface area contributed by atoms with Crippen LogP contribution >= 0.6 is 0 Å². The van der Waals surface area contributed by atoms with Crippen molar-refractivity contribution in [3.05, 3.63) is 71.8 Å². The molecular weight excluding hydrogens is 420 g/mol. The average Bonchev–Trinajstić information content (AvgIpc) is 3.32. The molecule has 2 amide bonds. The van der Waals surface area contributed by atoms with Gasteiger partial charge < -0.3 is 14.8 Å². The Labute approximate surface area is 195 Å². The summed E-state index contributed by atoms with van der Waals surface area (Å²) in [6, 6.07) is 17.4. The molecule has 0 saturated carbocycles. The molecular formula is C26H32N2O5. The Morgan fingerprint density at radius 2 is 1.52 bits per heavy atom. The van der Waals surface area contributed by atoms with Crippen LogP contribution in [-0.2, 0) is 32.3 Å². The van der Waals surface area contributed by atoms with E-state index in [-0.39, 0.29) is 25.0 Å². The van der Waals surface area contributed by atoms with E-state index in [9.17, 15) is 14.4 Å². The highest BCUT2D eigenvalue weighted by Gasteiger charge is 2.37. The summed E-state index contributed by atoms with van der Waals surface area (Å²) in [7, 11) is 0. The van der Waals surface area contributed by atoms with Crippen molar-refractivity contribution in [3.63, 3.8) is 0 Å². The Bertz CT molecular complexity index is 917. The summed E-state index contributed by atoms with van der Waals surface area (Å²) in [5.74, 6) is -0.654. The molecule has 0 spiro atoms. The quantitative estimate of drug-likeness (QED) is 0.580. The molecule has 0 aromatic heterocycles. The Balaban J connectivity index is 1.57. The summed E-state index contributed by atoms with van der Waals surface area (Å²) in [6.45, 7) is 4.69. The molecule has 0 bridgehead atoms. The third kappa shape index (κ3) is 7.34. The van der Waals surface area contributed by atoms with Gasteiger partial charge in [0.2, 0.25) is 5.91 Å². The Morgan fingerprint density at radius 3 is 2.09 bits per heavy atom. The van der Waals surface area contributed by atoms with E-state index >= 15 is 0 Å². The number of ether oxygens (including phenoxy) is 2. The monoisotopic (exact) mass is 452 g/mol. The molecule has 1 aliphatic rings. The molecule has 1 fully saturated rings. The summed E-state index contributed by atoms with van der Waals surface area (Å²) < 4.78 is 10.9. The topological polar surface area (TPSA) is 84.9 Å². The minimum absolute atomic E-state index is 0.144. The first kappa shape index (κ1) is 24.3. The first-order valence-corrected chi connectivity index (χ1v) is 11.4. The first-order chi connectivity index (χ1) is 15.9. The SMILES string of the molecule is CC(C)C[C@H](NC(=O)[C@@H]1CCCN1C(=O)OCc1ccccc1)C(=O)OCc1ccccc1. The van der Waals surface area contributed by atoms with E-state index < -0.39 is 24.1 Å². The molecule has 1 saturated heterocycles. The van der Waals surface area contributed by atoms with E-state index in [1.54, 1.807) is 0 Å². The van der Waals surface area contributed by atoms with Gasteiger partial charge in [-0.15, -0.1) is 0 Å². The van der Waals surface area contributed by atoms with Crippen LogP contribution in [0.2, 0.25) is 0 Å². The van der Waals surface area contributed by atoms with E-state index in [1.165, 1.54) is 4.90 Å². The molecule has 2 aromatic carbocycles. The number of carbonyl (C=O) groups is 3. The minimum Gasteiger partial charge on any atom is -0.459 e. The molecule has 1 N–H and O–H groups in total. The molecule has 1 aliphatic heterocycles. The van der Waals surface area contributed by atoms with Gasteiger partial charge >= 0.3 is 12.1 Å². The minimum atomic E-state index is -0.774. The van der Waals surface area contributed by atoms with E-state index in [0.29, 0.717) is 25.8 Å². The molecule has 2 aromatic rings. The second-order valence-electron chi connectivity index (χ2n) is 8.68. The zero-order valence-electron chi connectivity index (χ0n) is 19.2. The van der Waals surface area contributed by atoms with Crippen molar-refractivity contribution >= 4 is 18.0 Å². The molecule has 3 rings (SSSR count). The van der Waals surface area contributed by atoms with Crippen LogP contribution in [0.5, 0.6) is 0 Å². The highest BCUT2D eigenvalue weighted by molar-refractivity contribution is 5.90. The van der Waals surface area contributed by atoms with Crippen LogP contribution in [0.25, 0.3) is 0 Å². The summed E-state index contributed by atoms with van der Waals surface area (Å²) in [5, 5.41) is 2.82. The van der Waals surface area contributed by atoms with Crippen molar-refractivity contribution in [3.8, 4) is 0 Å². The highest BCUT2D eigenvalue weighted by atomic mass is 16.6. The van der Waals surface area contributed by atoms with Crippen LogP contribution in [0.3, 0.4) is 0 Å². The molecule has 33 heavy (non-hydrogen) atoms. The van der Waals surface area contributed by atoms with Crippen LogP contribution in [-0.4, -0.2) is 41.5 Å². The van der Waals surface area contributed by atoms with Crippen molar-refractivity contribution in [1.82, 2.24) is 10.2 Å². The molecule has 0 unspecified atom stereocenters. The van der Waals surface area contributed by atoms with Crippen molar-refractivity contribution in [1.29, 1.82) is 0 Å². The summed E-state index contributed by atoms with van der Waals surface area (Å²) >= 11 is 0. The number of amides is 2. The van der Waals surface area contributed by atoms with Gasteiger partial charge in [-0.1, -0.05) is 74.5 Å². The van der Waals surface area contributed by atoms with E-state index in [2.05, 4.69) is 5.32 Å². The van der Waals surface area contributed by atoms with Crippen molar-refractivity contribution in [2.24, 2.45) is 5.92 Å². The number of hydrogen-bond acceptors (Lipinski definition) is 5. The number of carbonyl (C=O) groups excluding carboxylic acids is 3. The molecule has 7 nitrogen and oxygen atoms in total. The van der Waals surface area contributed by atoms with Crippen molar-refractivity contribution in [2.75, 3.05) is 6.54 Å². The zero-order chi connectivity index (χ0) is 23.6. The lowest BCUT2D eigenvalue weighted by Crippen LogP contribution is -2.51. The van der Waals surface area contributed by atoms with Crippen molar-refractivity contribution < 1.29 is 23.9 Å². The van der Waals surface area contributed by atoms with Crippen LogP contribution in [0.1, 0.15) is 44.2 Å². The number of nitrogens with zero attached hydrogens (tertiary/aromatic N) is 1. The van der Waals surface area contributed by atoms with E-state index in [1.807, 2.05) is 74.5 Å². The largest absolute Gasteiger partial charge is 0.459 e. The Kier molecular flexibility index (Phi) is 8.87. The maximum Gasteiger partial charge on any atom is 0.410 e. The number of benzene rings is 2. The first-order valence-electron chi connectivity index (χ1n) is 11.4. The predicted octanol–water partition coefficient (Wildman–Crippen LogP) is 4.06. The van der Waals surface area contributed by atoms with E-state index in [4.69, 9.17) is 9.47 Å². The zero-order valence-corrected chi connectivity index (χ0v) is 19.2. The van der Waals surface area contributed by atoms with Gasteiger partial charge in [-0.25, -0.2) is 9.59 Å². The fourth-order valence-electron chi connectivity index (χ4n) is 3.84. The van der Waals surface area contributed by atoms with Gasteiger partial charge in [-0.2, -0.15) is 0 Å². The molecule has 0 radical (unpaired) electrons. The molecule has 2 atom stereocenters. The van der Waals surface area contributed by atoms with Gasteiger partial charge in [0.05, 0.1) is 0 Å². The van der Waals surface area contributed by atoms with E-state index in [0.717, 1.165) is 11.1 Å². The normalized spacial score (nSPS) is 16.3. The van der Waals surface area contributed by atoms with Crippen LogP contribution in [0, 0.1) is 5.92 Å². The third-order valence-electron chi connectivity index (χ3n) is 5.53. The maximum atomic E-state index is 13.0. The number of likely N-dealkylation sites (tertiary alicyclic amines) is 1. The molecule has 0 aliphatic carbocycles. The van der Waals surface area contributed by atoms with Crippen LogP contribution in [0.4, 0.5) is 4.79 Å². The van der Waals surface area contributed by atoms with Gasteiger partial charge in [0, 0.05) is 6.54 Å². The molecule has 176 valence electrons. The standard InChI is InChI=1S/C26H32N2O5/c1-19(2)16-22(25(30)32-17-20-10-5-3-6-11-20)27-24(29)23-14-9-15-28(23)26(31)33-18-21-12-7-4-8-13-21/h3-8,10-13,19,22-23H,9,14-18H2,1-2H3,(H,27,29)/t22-,23-/m0/s1. The second kappa shape index (κ2) is 12.0. The van der Waals surface area contributed by atoms with Crippen molar-refractivity contribution in [2.45, 2.75) is 58.4 Å². The van der Waals surface area contributed by atoms with Gasteiger partial charge in [0.15, 0.2) is 0 Å². The Morgan fingerprint density at radius 1 is 0.939 bits per heavy atom. The summed E-state index contributed by atoms with van der Waals surface area (Å²) in [4.78, 5) is 39.8. The number of rotatable bonds is 9. The predicted molar refractivity (Wildman–Crippen MR) is 124 cm³/mol. The molecule has 7 heteroatoms. The van der Waals surface area contributed by atoms with Gasteiger partial charge in [-0.05, 0) is 36.3 Å².